The lowest BCUT2D eigenvalue weighted by molar-refractivity contribution is -0.144. The van der Waals surface area contributed by atoms with Crippen LogP contribution in [0, 0.1) is 0 Å². The first-order chi connectivity index (χ1) is 20.1. The van der Waals surface area contributed by atoms with Gasteiger partial charge in [-0.3, -0.25) is 10.1 Å². The predicted molar refractivity (Wildman–Crippen MR) is 178 cm³/mol. The minimum atomic E-state index is -3.61. The number of carbonyl (C=O) groups is 2. The summed E-state index contributed by atoms with van der Waals surface area (Å²) in [6.07, 6.45) is 1.30. The highest BCUT2D eigenvalue weighted by Crippen LogP contribution is 2.55. The number of thiophene rings is 1. The first-order valence-corrected chi connectivity index (χ1v) is 20.8. The second-order valence-corrected chi connectivity index (χ2v) is 21.9. The number of nitrogens with one attached hydrogen (secondary N) is 1. The van der Waals surface area contributed by atoms with E-state index in [0.29, 0.717) is 18.5 Å². The molecule has 0 radical (unpaired) electrons. The van der Waals surface area contributed by atoms with E-state index in [9.17, 15) is 18.0 Å². The summed E-state index contributed by atoms with van der Waals surface area (Å²) in [5.41, 5.74) is 2.37. The lowest BCUT2D eigenvalue weighted by Gasteiger charge is -2.45. The van der Waals surface area contributed by atoms with Crippen LogP contribution in [0.4, 0.5) is 10.5 Å². The Morgan fingerprint density at radius 1 is 0.930 bits per heavy atom. The summed E-state index contributed by atoms with van der Waals surface area (Å²) < 4.78 is 37.5. The van der Waals surface area contributed by atoms with Gasteiger partial charge in [-0.2, -0.15) is 0 Å². The molecule has 10 heteroatoms. The first-order valence-electron chi connectivity index (χ1n) is 14.8. The van der Waals surface area contributed by atoms with Gasteiger partial charge in [0, 0.05) is 15.4 Å². The molecule has 1 unspecified atom stereocenters. The average Bonchev–Trinajstić information content (AvgIpc) is 3.39. The Bertz CT molecular complexity index is 1550. The van der Waals surface area contributed by atoms with Crippen molar-refractivity contribution in [3.05, 3.63) is 65.5 Å². The van der Waals surface area contributed by atoms with Gasteiger partial charge in [0.25, 0.3) is 0 Å². The predicted octanol–water partition coefficient (Wildman–Crippen LogP) is 8.49. The molecule has 3 aromatic rings. The van der Waals surface area contributed by atoms with Crippen LogP contribution in [-0.2, 0) is 28.9 Å². The number of sulfone groups is 1. The zero-order chi connectivity index (χ0) is 31.6. The molecule has 2 aromatic carbocycles. The van der Waals surface area contributed by atoms with Gasteiger partial charge in [-0.25, -0.2) is 13.2 Å². The van der Waals surface area contributed by atoms with Crippen LogP contribution in [0.15, 0.2) is 60.7 Å². The Labute approximate surface area is 260 Å². The molecular weight excluding hydrogens is 599 g/mol. The zero-order valence-electron chi connectivity index (χ0n) is 26.2. The van der Waals surface area contributed by atoms with Gasteiger partial charge in [-0.05, 0) is 81.5 Å². The van der Waals surface area contributed by atoms with E-state index in [0.717, 1.165) is 32.9 Å². The number of carbonyl (C=O) groups excluding carboxylic acids is 2. The van der Waals surface area contributed by atoms with Crippen LogP contribution in [0.5, 0.6) is 0 Å². The molecule has 232 valence electrons. The fourth-order valence-electron chi connectivity index (χ4n) is 5.94. The number of ether oxygens (including phenoxy) is 2. The van der Waals surface area contributed by atoms with Crippen molar-refractivity contribution in [1.82, 2.24) is 0 Å². The second kappa shape index (κ2) is 12.6. The SMILES string of the molecule is CCOC(=O)C([C@]1(c2ccc(-c3ccc(-c4ccc(NC(=O)OC(C)(C)C)cc4)cc3)s2)CCCCS1(=O)=O)[Si](C)(C)C. The molecule has 1 aliphatic heterocycles. The fraction of sp³-hybridized carbons (Fsp3) is 0.455. The topological polar surface area (TPSA) is 98.8 Å². The van der Waals surface area contributed by atoms with E-state index < -0.39 is 45.9 Å². The monoisotopic (exact) mass is 641 g/mol. The highest BCUT2D eigenvalue weighted by Gasteiger charge is 2.60. The number of rotatable bonds is 8. The van der Waals surface area contributed by atoms with Gasteiger partial charge in [0.2, 0.25) is 0 Å². The van der Waals surface area contributed by atoms with Crippen molar-refractivity contribution in [1.29, 1.82) is 0 Å². The van der Waals surface area contributed by atoms with Crippen molar-refractivity contribution < 1.29 is 27.5 Å². The average molecular weight is 642 g/mol. The van der Waals surface area contributed by atoms with Crippen LogP contribution < -0.4 is 5.32 Å². The normalized spacial score (nSPS) is 19.3. The van der Waals surface area contributed by atoms with Crippen LogP contribution in [-0.4, -0.2) is 46.5 Å². The molecule has 7 nitrogen and oxygen atoms in total. The van der Waals surface area contributed by atoms with E-state index in [1.807, 2.05) is 81.4 Å². The minimum absolute atomic E-state index is 0.0847. The summed E-state index contributed by atoms with van der Waals surface area (Å²) in [7, 11) is -5.94. The van der Waals surface area contributed by atoms with E-state index in [1.54, 1.807) is 6.92 Å². The van der Waals surface area contributed by atoms with Crippen LogP contribution in [0.25, 0.3) is 21.6 Å². The lowest BCUT2D eigenvalue weighted by atomic mass is 9.94. The molecule has 1 aromatic heterocycles. The maximum Gasteiger partial charge on any atom is 0.412 e. The standard InChI is InChI=1S/C33H43NO6S2Si/c1-8-39-30(35)29(43(5,6)7)33(21-9-10-22-42(33,37)38)28-20-19-27(41-28)25-13-11-23(12-14-25)24-15-17-26(18-16-24)34-31(36)40-32(2,3)4/h11-20,29H,8-10,21-22H2,1-7H3,(H,34,36)/t29?,33-/m1/s1. The van der Waals surface area contributed by atoms with Gasteiger partial charge in [0.1, 0.15) is 10.3 Å². The number of esters is 1. The van der Waals surface area contributed by atoms with Crippen LogP contribution in [0.2, 0.25) is 25.2 Å². The smallest absolute Gasteiger partial charge is 0.412 e. The Kier molecular flexibility index (Phi) is 9.64. The molecule has 4 rings (SSSR count). The van der Waals surface area contributed by atoms with Gasteiger partial charge in [-0.1, -0.05) is 62.5 Å². The third-order valence-electron chi connectivity index (χ3n) is 7.68. The summed E-state index contributed by atoms with van der Waals surface area (Å²) in [6, 6.07) is 19.6. The summed E-state index contributed by atoms with van der Waals surface area (Å²) in [4.78, 5) is 27.2. The van der Waals surface area contributed by atoms with Gasteiger partial charge in [0.15, 0.2) is 9.84 Å². The number of hydrogen-bond donors (Lipinski definition) is 1. The van der Waals surface area contributed by atoms with Crippen molar-refractivity contribution in [3.63, 3.8) is 0 Å². The van der Waals surface area contributed by atoms with Crippen molar-refractivity contribution in [2.24, 2.45) is 0 Å². The number of amides is 1. The van der Waals surface area contributed by atoms with E-state index in [-0.39, 0.29) is 12.4 Å². The van der Waals surface area contributed by atoms with Crippen LogP contribution >= 0.6 is 11.3 Å². The molecule has 1 saturated heterocycles. The maximum absolute atomic E-state index is 14.0. The molecule has 1 fully saturated rings. The molecule has 2 heterocycles. The van der Waals surface area contributed by atoms with Crippen molar-refractivity contribution in [3.8, 4) is 21.6 Å². The minimum Gasteiger partial charge on any atom is -0.466 e. The number of hydrogen-bond acceptors (Lipinski definition) is 7. The molecule has 1 aliphatic rings. The number of benzene rings is 2. The maximum atomic E-state index is 14.0. The summed E-state index contributed by atoms with van der Waals surface area (Å²) in [6.45, 7) is 13.6. The zero-order valence-corrected chi connectivity index (χ0v) is 28.8. The van der Waals surface area contributed by atoms with E-state index in [1.165, 1.54) is 11.3 Å². The van der Waals surface area contributed by atoms with Crippen LogP contribution in [0.3, 0.4) is 0 Å². The molecule has 43 heavy (non-hydrogen) atoms. The fourth-order valence-corrected chi connectivity index (χ4v) is 14.0. The van der Waals surface area contributed by atoms with Gasteiger partial charge >= 0.3 is 12.1 Å². The lowest BCUT2D eigenvalue weighted by Crippen LogP contribution is -2.54. The third kappa shape index (κ3) is 7.24. The molecular formula is C33H43NO6S2Si. The van der Waals surface area contributed by atoms with Crippen molar-refractivity contribution >= 4 is 47.0 Å². The van der Waals surface area contributed by atoms with Crippen LogP contribution in [0.1, 0.15) is 51.8 Å². The Balaban J connectivity index is 1.62. The Hall–Kier alpha value is -2.95. The first kappa shape index (κ1) is 33.0. The summed E-state index contributed by atoms with van der Waals surface area (Å²) >= 11 is 1.47. The third-order valence-corrected chi connectivity index (χ3v) is 14.4. The molecule has 0 bridgehead atoms. The largest absolute Gasteiger partial charge is 0.466 e. The highest BCUT2D eigenvalue weighted by atomic mass is 32.2. The van der Waals surface area contributed by atoms with Gasteiger partial charge in [-0.15, -0.1) is 11.3 Å². The summed E-state index contributed by atoms with van der Waals surface area (Å²) in [5, 5.41) is 2.75. The van der Waals surface area contributed by atoms with Gasteiger partial charge in [0.05, 0.1) is 26.0 Å². The van der Waals surface area contributed by atoms with Gasteiger partial charge < -0.3 is 9.47 Å². The second-order valence-electron chi connectivity index (χ2n) is 13.2. The van der Waals surface area contributed by atoms with E-state index in [4.69, 9.17) is 9.47 Å². The quantitative estimate of drug-likeness (QED) is 0.196. The molecule has 1 amide bonds. The molecule has 2 atom stereocenters. The summed E-state index contributed by atoms with van der Waals surface area (Å²) in [5.74, 6) is -0.305. The molecule has 1 N–H and O–H groups in total. The molecule has 0 aliphatic carbocycles. The molecule has 0 saturated carbocycles. The Morgan fingerprint density at radius 3 is 2.05 bits per heavy atom. The van der Waals surface area contributed by atoms with Crippen molar-refractivity contribution in [2.45, 2.75) is 82.5 Å². The van der Waals surface area contributed by atoms with E-state index in [2.05, 4.69) is 25.0 Å². The van der Waals surface area contributed by atoms with Crippen molar-refractivity contribution in [2.75, 3.05) is 17.7 Å². The Morgan fingerprint density at radius 2 is 1.51 bits per heavy atom. The molecule has 0 spiro atoms. The number of anilines is 1. The highest BCUT2D eigenvalue weighted by molar-refractivity contribution is 7.92. The van der Waals surface area contributed by atoms with E-state index >= 15 is 0 Å².